The largest absolute Gasteiger partial charge is 0.465 e. The van der Waals surface area contributed by atoms with E-state index in [1.165, 1.54) is 24.4 Å². The van der Waals surface area contributed by atoms with Crippen LogP contribution in [0.25, 0.3) is 10.9 Å². The Morgan fingerprint density at radius 3 is 2.83 bits per heavy atom. The Bertz CT molecular complexity index is 1090. The summed E-state index contributed by atoms with van der Waals surface area (Å²) in [4.78, 5) is 29.9. The van der Waals surface area contributed by atoms with E-state index in [1.54, 1.807) is 22.8 Å². The summed E-state index contributed by atoms with van der Waals surface area (Å²) in [6.07, 6.45) is 3.02. The number of thioether (sulfide) groups is 1. The van der Waals surface area contributed by atoms with E-state index in [2.05, 4.69) is 12.1 Å². The molecule has 0 bridgehead atoms. The van der Waals surface area contributed by atoms with Crippen LogP contribution in [0.4, 0.5) is 0 Å². The van der Waals surface area contributed by atoms with E-state index < -0.39 is 5.97 Å². The van der Waals surface area contributed by atoms with E-state index >= 15 is 0 Å². The van der Waals surface area contributed by atoms with Crippen LogP contribution in [0.3, 0.4) is 0 Å². The second-order valence-corrected chi connectivity index (χ2v) is 8.24. The van der Waals surface area contributed by atoms with Crippen molar-refractivity contribution in [3.05, 3.63) is 70.0 Å². The van der Waals surface area contributed by atoms with Gasteiger partial charge in [-0.3, -0.25) is 9.36 Å². The first-order chi connectivity index (χ1) is 14.7. The maximum absolute atomic E-state index is 13.3. The van der Waals surface area contributed by atoms with Gasteiger partial charge >= 0.3 is 5.97 Å². The highest BCUT2D eigenvalue weighted by molar-refractivity contribution is 7.99. The van der Waals surface area contributed by atoms with E-state index in [1.807, 2.05) is 18.2 Å². The number of benzene rings is 2. The fourth-order valence-electron chi connectivity index (χ4n) is 3.58. The van der Waals surface area contributed by atoms with Gasteiger partial charge in [-0.15, -0.1) is 0 Å². The van der Waals surface area contributed by atoms with E-state index in [4.69, 9.17) is 14.5 Å². The molecule has 1 unspecified atom stereocenters. The number of carbonyl (C=O) groups excluding carboxylic acids is 1. The standard InChI is InChI=1S/C23H24N2O4S/c1-28-22(27)17-9-10-19-20(14-17)24-23(30-15-18-8-5-13-29-18)25(21(19)26)12-11-16-6-3-2-4-7-16/h2-4,6-7,9-10,14,18H,5,8,11-13,15H2,1H3. The van der Waals surface area contributed by atoms with Gasteiger partial charge in [-0.25, -0.2) is 9.78 Å². The minimum Gasteiger partial charge on any atom is -0.465 e. The lowest BCUT2D eigenvalue weighted by molar-refractivity contribution is 0.0601. The van der Waals surface area contributed by atoms with E-state index in [-0.39, 0.29) is 11.7 Å². The molecule has 0 saturated carbocycles. The predicted octanol–water partition coefficient (Wildman–Crippen LogP) is 3.70. The predicted molar refractivity (Wildman–Crippen MR) is 117 cm³/mol. The Morgan fingerprint density at radius 1 is 1.27 bits per heavy atom. The number of aromatic nitrogens is 2. The molecule has 30 heavy (non-hydrogen) atoms. The lowest BCUT2D eigenvalue weighted by Crippen LogP contribution is -2.25. The molecule has 0 aliphatic carbocycles. The zero-order valence-corrected chi connectivity index (χ0v) is 17.7. The molecule has 2 heterocycles. The number of esters is 1. The van der Waals surface area contributed by atoms with E-state index in [9.17, 15) is 9.59 Å². The van der Waals surface area contributed by atoms with Gasteiger partial charge in [-0.05, 0) is 43.0 Å². The molecule has 0 radical (unpaired) electrons. The minimum absolute atomic E-state index is 0.0952. The summed E-state index contributed by atoms with van der Waals surface area (Å²) in [5, 5.41) is 1.15. The molecular formula is C23H24N2O4S. The van der Waals surface area contributed by atoms with Crippen LogP contribution in [-0.4, -0.2) is 41.1 Å². The third-order valence-corrected chi connectivity index (χ3v) is 6.34. The quantitative estimate of drug-likeness (QED) is 0.327. The Balaban J connectivity index is 1.69. The SMILES string of the molecule is COC(=O)c1ccc2c(=O)n(CCc3ccccc3)c(SCC3CCCO3)nc2c1. The van der Waals surface area contributed by atoms with Gasteiger partial charge in [-0.1, -0.05) is 42.1 Å². The van der Waals surface area contributed by atoms with Crippen molar-refractivity contribution in [1.82, 2.24) is 9.55 Å². The first kappa shape index (κ1) is 20.6. The number of hydrogen-bond acceptors (Lipinski definition) is 6. The summed E-state index contributed by atoms with van der Waals surface area (Å²) in [7, 11) is 1.34. The topological polar surface area (TPSA) is 70.4 Å². The molecule has 1 fully saturated rings. The zero-order valence-electron chi connectivity index (χ0n) is 16.9. The molecule has 4 rings (SSSR count). The van der Waals surface area contributed by atoms with Gasteiger partial charge in [0.25, 0.3) is 5.56 Å². The first-order valence-corrected chi connectivity index (χ1v) is 11.1. The van der Waals surface area contributed by atoms with E-state index in [0.29, 0.717) is 28.2 Å². The average molecular weight is 425 g/mol. The van der Waals surface area contributed by atoms with Gasteiger partial charge in [0, 0.05) is 18.9 Å². The average Bonchev–Trinajstić information content (AvgIpc) is 3.30. The smallest absolute Gasteiger partial charge is 0.337 e. The van der Waals surface area contributed by atoms with Crippen LogP contribution in [0.2, 0.25) is 0 Å². The Labute approximate surface area is 179 Å². The van der Waals surface area contributed by atoms with Crippen LogP contribution < -0.4 is 5.56 Å². The van der Waals surface area contributed by atoms with Gasteiger partial charge in [-0.2, -0.15) is 0 Å². The third-order valence-electron chi connectivity index (χ3n) is 5.23. The Hall–Kier alpha value is -2.64. The maximum atomic E-state index is 13.3. The van der Waals surface area contributed by atoms with Crippen molar-refractivity contribution in [2.45, 2.75) is 37.1 Å². The zero-order chi connectivity index (χ0) is 20.9. The highest BCUT2D eigenvalue weighted by Crippen LogP contribution is 2.24. The highest BCUT2D eigenvalue weighted by Gasteiger charge is 2.19. The van der Waals surface area contributed by atoms with Gasteiger partial charge in [0.05, 0.1) is 29.7 Å². The van der Waals surface area contributed by atoms with Crippen molar-refractivity contribution in [2.24, 2.45) is 0 Å². The number of aryl methyl sites for hydroxylation is 1. The molecule has 7 heteroatoms. The minimum atomic E-state index is -0.444. The molecule has 1 saturated heterocycles. The molecule has 3 aromatic rings. The summed E-state index contributed by atoms with van der Waals surface area (Å²) in [6, 6.07) is 15.0. The van der Waals surface area contributed by atoms with Crippen LogP contribution in [0, 0.1) is 0 Å². The number of carbonyl (C=O) groups is 1. The van der Waals surface area contributed by atoms with Crippen molar-refractivity contribution in [3.8, 4) is 0 Å². The number of rotatable bonds is 7. The molecule has 2 aromatic carbocycles. The molecule has 0 N–H and O–H groups in total. The van der Waals surface area contributed by atoms with Crippen molar-refractivity contribution in [2.75, 3.05) is 19.5 Å². The molecule has 0 spiro atoms. The van der Waals surface area contributed by atoms with Crippen LogP contribution in [-0.2, 0) is 22.4 Å². The van der Waals surface area contributed by atoms with Crippen LogP contribution in [0.5, 0.6) is 0 Å². The normalized spacial score (nSPS) is 16.1. The fraction of sp³-hybridized carbons (Fsp3) is 0.348. The van der Waals surface area contributed by atoms with Crippen molar-refractivity contribution in [1.29, 1.82) is 0 Å². The second-order valence-electron chi connectivity index (χ2n) is 7.26. The molecule has 0 amide bonds. The lowest BCUT2D eigenvalue weighted by atomic mass is 10.1. The molecule has 1 atom stereocenters. The molecule has 1 aromatic heterocycles. The van der Waals surface area contributed by atoms with Crippen molar-refractivity contribution >= 4 is 28.6 Å². The van der Waals surface area contributed by atoms with Crippen LogP contribution in [0.15, 0.2) is 58.5 Å². The van der Waals surface area contributed by atoms with Gasteiger partial charge in [0.2, 0.25) is 0 Å². The summed E-state index contributed by atoms with van der Waals surface area (Å²) in [6.45, 7) is 1.33. The molecule has 156 valence electrons. The van der Waals surface area contributed by atoms with Gasteiger partial charge in [0.1, 0.15) is 0 Å². The van der Waals surface area contributed by atoms with Crippen molar-refractivity contribution in [3.63, 3.8) is 0 Å². The van der Waals surface area contributed by atoms with Crippen molar-refractivity contribution < 1.29 is 14.3 Å². The van der Waals surface area contributed by atoms with Gasteiger partial charge in [0.15, 0.2) is 5.16 Å². The summed E-state index contributed by atoms with van der Waals surface area (Å²) < 4.78 is 12.3. The van der Waals surface area contributed by atoms with E-state index in [0.717, 1.165) is 31.6 Å². The molecule has 1 aliphatic heterocycles. The third kappa shape index (κ3) is 4.57. The second kappa shape index (κ2) is 9.45. The lowest BCUT2D eigenvalue weighted by Gasteiger charge is -2.15. The maximum Gasteiger partial charge on any atom is 0.337 e. The highest BCUT2D eigenvalue weighted by atomic mass is 32.2. The Morgan fingerprint density at radius 2 is 2.10 bits per heavy atom. The fourth-order valence-corrected chi connectivity index (χ4v) is 4.67. The number of nitrogens with zero attached hydrogens (tertiary/aromatic N) is 2. The number of hydrogen-bond donors (Lipinski definition) is 0. The number of ether oxygens (including phenoxy) is 2. The van der Waals surface area contributed by atoms with Crippen LogP contribution >= 0.6 is 11.8 Å². The molecule has 1 aliphatic rings. The first-order valence-electron chi connectivity index (χ1n) is 10.1. The summed E-state index contributed by atoms with van der Waals surface area (Å²) in [5.41, 5.74) is 1.96. The number of fused-ring (bicyclic) bond motifs is 1. The molecule has 6 nitrogen and oxygen atoms in total. The monoisotopic (exact) mass is 424 g/mol. The van der Waals surface area contributed by atoms with Gasteiger partial charge < -0.3 is 9.47 Å². The molecular weight excluding hydrogens is 400 g/mol. The number of methoxy groups -OCH3 is 1. The van der Waals surface area contributed by atoms with Crippen LogP contribution in [0.1, 0.15) is 28.8 Å². The summed E-state index contributed by atoms with van der Waals surface area (Å²) >= 11 is 1.54. The Kier molecular flexibility index (Phi) is 6.50. The summed E-state index contributed by atoms with van der Waals surface area (Å²) in [5.74, 6) is 0.306.